The van der Waals surface area contributed by atoms with E-state index in [1.165, 1.54) is 11.1 Å². The summed E-state index contributed by atoms with van der Waals surface area (Å²) < 4.78 is 13.9. The number of ether oxygens (including phenoxy) is 1. The van der Waals surface area contributed by atoms with E-state index in [9.17, 15) is 4.79 Å². The maximum absolute atomic E-state index is 12.4. The van der Waals surface area contributed by atoms with E-state index in [0.717, 1.165) is 48.0 Å². The van der Waals surface area contributed by atoms with Crippen molar-refractivity contribution >= 4 is 28.7 Å². The lowest BCUT2D eigenvalue weighted by molar-refractivity contribution is 0.0940. The van der Waals surface area contributed by atoms with Crippen LogP contribution in [0.4, 0.5) is 0 Å². The molecule has 2 heterocycles. The van der Waals surface area contributed by atoms with E-state index >= 15 is 0 Å². The van der Waals surface area contributed by atoms with Gasteiger partial charge in [-0.05, 0) is 48.7 Å². The molecule has 0 aliphatic carbocycles. The monoisotopic (exact) mass is 339 g/mol. The molecule has 6 heteroatoms. The van der Waals surface area contributed by atoms with Gasteiger partial charge in [-0.15, -0.1) is 0 Å². The Bertz CT molecular complexity index is 906. The average Bonchev–Trinajstić information content (AvgIpc) is 3.22. The van der Waals surface area contributed by atoms with Gasteiger partial charge < -0.3 is 10.1 Å². The van der Waals surface area contributed by atoms with Crippen molar-refractivity contribution in [1.82, 2.24) is 14.1 Å². The van der Waals surface area contributed by atoms with Gasteiger partial charge in [0.25, 0.3) is 5.91 Å². The highest BCUT2D eigenvalue weighted by molar-refractivity contribution is 7.00. The van der Waals surface area contributed by atoms with Crippen LogP contribution >= 0.6 is 11.7 Å². The summed E-state index contributed by atoms with van der Waals surface area (Å²) in [7, 11) is 0. The number of hydrogen-bond donors (Lipinski definition) is 1. The normalized spacial score (nSPS) is 14.2. The highest BCUT2D eigenvalue weighted by Gasteiger charge is 2.15. The Balaban J connectivity index is 1.43. The molecular formula is C18H17N3O2S. The lowest BCUT2D eigenvalue weighted by Gasteiger charge is -2.14. The molecule has 0 bridgehead atoms. The minimum atomic E-state index is -0.0816. The van der Waals surface area contributed by atoms with Crippen molar-refractivity contribution in [3.8, 4) is 5.75 Å². The van der Waals surface area contributed by atoms with Crippen LogP contribution in [0.1, 0.15) is 28.4 Å². The number of benzene rings is 2. The van der Waals surface area contributed by atoms with Crippen molar-refractivity contribution in [1.29, 1.82) is 0 Å². The van der Waals surface area contributed by atoms with Gasteiger partial charge in [0.05, 0.1) is 18.3 Å². The zero-order chi connectivity index (χ0) is 16.5. The Morgan fingerprint density at radius 2 is 2.12 bits per heavy atom. The Labute approximate surface area is 144 Å². The largest absolute Gasteiger partial charge is 0.493 e. The molecule has 0 saturated heterocycles. The second kappa shape index (κ2) is 6.20. The smallest absolute Gasteiger partial charge is 0.251 e. The lowest BCUT2D eigenvalue weighted by atomic mass is 10.0. The van der Waals surface area contributed by atoms with Gasteiger partial charge >= 0.3 is 0 Å². The van der Waals surface area contributed by atoms with Crippen LogP contribution in [-0.4, -0.2) is 27.3 Å². The molecule has 3 aromatic rings. The quantitative estimate of drug-likeness (QED) is 0.794. The zero-order valence-electron chi connectivity index (χ0n) is 13.3. The van der Waals surface area contributed by atoms with Gasteiger partial charge in [-0.1, -0.05) is 12.1 Å². The molecule has 2 aromatic carbocycles. The third-order valence-electron chi connectivity index (χ3n) is 4.19. The van der Waals surface area contributed by atoms with E-state index in [2.05, 4.69) is 26.2 Å². The third-order valence-corrected chi connectivity index (χ3v) is 4.75. The summed E-state index contributed by atoms with van der Waals surface area (Å²) in [4.78, 5) is 12.4. The SMILES string of the molecule is C[C@H](Cc1ccc2c(c1)CCO2)NC(=O)c1ccc2nsnc2c1. The number of hydrogen-bond acceptors (Lipinski definition) is 5. The molecular weight excluding hydrogens is 322 g/mol. The van der Waals surface area contributed by atoms with Gasteiger partial charge in [0.15, 0.2) is 0 Å². The molecule has 24 heavy (non-hydrogen) atoms. The molecule has 0 radical (unpaired) electrons. The van der Waals surface area contributed by atoms with Crippen molar-refractivity contribution in [3.63, 3.8) is 0 Å². The van der Waals surface area contributed by atoms with Crippen LogP contribution in [0.3, 0.4) is 0 Å². The zero-order valence-corrected chi connectivity index (χ0v) is 14.1. The molecule has 0 unspecified atom stereocenters. The van der Waals surface area contributed by atoms with E-state index < -0.39 is 0 Å². The van der Waals surface area contributed by atoms with Crippen LogP contribution in [0.5, 0.6) is 5.75 Å². The predicted molar refractivity (Wildman–Crippen MR) is 93.7 cm³/mol. The third kappa shape index (κ3) is 2.97. The molecule has 0 spiro atoms. The fraction of sp³-hybridized carbons (Fsp3) is 0.278. The first-order valence-electron chi connectivity index (χ1n) is 7.97. The van der Waals surface area contributed by atoms with Crippen molar-refractivity contribution in [2.45, 2.75) is 25.8 Å². The van der Waals surface area contributed by atoms with Crippen molar-refractivity contribution in [2.24, 2.45) is 0 Å². The number of carbonyl (C=O) groups excluding carboxylic acids is 1. The molecule has 0 saturated carbocycles. The molecule has 1 aromatic heterocycles. The fourth-order valence-electron chi connectivity index (χ4n) is 3.00. The Kier molecular flexibility index (Phi) is 3.90. The summed E-state index contributed by atoms with van der Waals surface area (Å²) in [6, 6.07) is 11.7. The summed E-state index contributed by atoms with van der Waals surface area (Å²) in [6.07, 6.45) is 1.76. The molecule has 1 atom stereocenters. The van der Waals surface area contributed by atoms with Crippen LogP contribution in [0, 0.1) is 0 Å². The second-order valence-electron chi connectivity index (χ2n) is 6.09. The van der Waals surface area contributed by atoms with E-state index in [1.807, 2.05) is 19.1 Å². The van der Waals surface area contributed by atoms with Gasteiger partial charge in [0.1, 0.15) is 16.8 Å². The first-order chi connectivity index (χ1) is 11.7. The summed E-state index contributed by atoms with van der Waals surface area (Å²) in [5.41, 5.74) is 4.67. The van der Waals surface area contributed by atoms with E-state index in [-0.39, 0.29) is 11.9 Å². The van der Waals surface area contributed by atoms with Crippen LogP contribution in [0.25, 0.3) is 11.0 Å². The van der Waals surface area contributed by atoms with Crippen LogP contribution in [-0.2, 0) is 12.8 Å². The van der Waals surface area contributed by atoms with Crippen molar-refractivity contribution < 1.29 is 9.53 Å². The lowest BCUT2D eigenvalue weighted by Crippen LogP contribution is -2.34. The number of fused-ring (bicyclic) bond motifs is 2. The number of nitrogens with one attached hydrogen (secondary N) is 1. The molecule has 1 amide bonds. The van der Waals surface area contributed by atoms with E-state index in [4.69, 9.17) is 4.74 Å². The number of amides is 1. The van der Waals surface area contributed by atoms with Gasteiger partial charge in [0.2, 0.25) is 0 Å². The molecule has 0 fully saturated rings. The highest BCUT2D eigenvalue weighted by atomic mass is 32.1. The number of nitrogens with zero attached hydrogens (tertiary/aromatic N) is 2. The molecule has 4 rings (SSSR count). The number of carbonyl (C=O) groups is 1. The molecule has 1 aliphatic rings. The second-order valence-corrected chi connectivity index (χ2v) is 6.62. The average molecular weight is 339 g/mol. The van der Waals surface area contributed by atoms with Gasteiger partial charge in [-0.2, -0.15) is 8.75 Å². The predicted octanol–water partition coefficient (Wildman–Crippen LogP) is 2.99. The van der Waals surface area contributed by atoms with Crippen molar-refractivity contribution in [2.75, 3.05) is 6.61 Å². The van der Waals surface area contributed by atoms with Crippen molar-refractivity contribution in [3.05, 3.63) is 53.1 Å². The topological polar surface area (TPSA) is 64.1 Å². The Morgan fingerprint density at radius 1 is 1.25 bits per heavy atom. The molecule has 1 N–H and O–H groups in total. The van der Waals surface area contributed by atoms with E-state index in [1.54, 1.807) is 12.1 Å². The summed E-state index contributed by atoms with van der Waals surface area (Å²) in [5.74, 6) is 0.905. The van der Waals surface area contributed by atoms with Gasteiger partial charge in [-0.3, -0.25) is 4.79 Å². The van der Waals surface area contributed by atoms with Gasteiger partial charge in [-0.25, -0.2) is 0 Å². The highest BCUT2D eigenvalue weighted by Crippen LogP contribution is 2.26. The van der Waals surface area contributed by atoms with Crippen LogP contribution < -0.4 is 10.1 Å². The summed E-state index contributed by atoms with van der Waals surface area (Å²) >= 11 is 1.16. The minimum Gasteiger partial charge on any atom is -0.493 e. The van der Waals surface area contributed by atoms with Crippen LogP contribution in [0.15, 0.2) is 36.4 Å². The van der Waals surface area contributed by atoms with Gasteiger partial charge in [0, 0.05) is 18.0 Å². The maximum Gasteiger partial charge on any atom is 0.251 e. The number of aromatic nitrogens is 2. The van der Waals surface area contributed by atoms with E-state index in [0.29, 0.717) is 5.56 Å². The Hall–Kier alpha value is -2.47. The Morgan fingerprint density at radius 3 is 3.04 bits per heavy atom. The first kappa shape index (κ1) is 15.1. The molecule has 1 aliphatic heterocycles. The number of rotatable bonds is 4. The summed E-state index contributed by atoms with van der Waals surface area (Å²) in [6.45, 7) is 2.78. The standard InChI is InChI=1S/C18H17N3O2S/c1-11(8-12-2-5-17-13(9-12)6-7-23-17)19-18(22)14-3-4-15-16(10-14)21-24-20-15/h2-5,9-11H,6-8H2,1H3,(H,19,22)/t11-/m1/s1. The minimum absolute atomic E-state index is 0.0436. The first-order valence-corrected chi connectivity index (χ1v) is 8.70. The summed E-state index contributed by atoms with van der Waals surface area (Å²) in [5, 5.41) is 3.05. The molecule has 5 nitrogen and oxygen atoms in total. The van der Waals surface area contributed by atoms with Crippen LogP contribution in [0.2, 0.25) is 0 Å². The molecule has 122 valence electrons. The maximum atomic E-state index is 12.4. The fourth-order valence-corrected chi connectivity index (χ4v) is 3.52.